The average molecular weight is 352 g/mol. The number of hydrogen-bond donors (Lipinski definition) is 0. The number of carbonyl (C=O) groups is 1. The van der Waals surface area contributed by atoms with Crippen molar-refractivity contribution in [1.82, 2.24) is 4.57 Å². The van der Waals surface area contributed by atoms with Crippen LogP contribution in [0, 0.1) is 0 Å². The van der Waals surface area contributed by atoms with Gasteiger partial charge >= 0.3 is 0 Å². The summed E-state index contributed by atoms with van der Waals surface area (Å²) in [5.41, 5.74) is 0.171. The molecule has 21 heavy (non-hydrogen) atoms. The number of rotatable bonds is 5. The lowest BCUT2D eigenvalue weighted by molar-refractivity contribution is 0.0967. The third kappa shape index (κ3) is 3.52. The minimum absolute atomic E-state index is 0.0546. The molecule has 0 N–H and O–H groups in total. The van der Waals surface area contributed by atoms with Crippen molar-refractivity contribution < 1.29 is 14.3 Å². The Balaban J connectivity index is 2.32. The number of hydrogen-bond acceptors (Lipinski definition) is 4. The zero-order valence-corrected chi connectivity index (χ0v) is 13.2. The maximum atomic E-state index is 12.4. The summed E-state index contributed by atoms with van der Waals surface area (Å²) in [5.74, 6) is 0.806. The van der Waals surface area contributed by atoms with Gasteiger partial charge in [-0.15, -0.1) is 0 Å². The van der Waals surface area contributed by atoms with Crippen molar-refractivity contribution in [3.63, 3.8) is 0 Å². The van der Waals surface area contributed by atoms with E-state index >= 15 is 0 Å². The second-order valence-electron chi connectivity index (χ2n) is 4.30. The Morgan fingerprint density at radius 3 is 2.62 bits per heavy atom. The van der Waals surface area contributed by atoms with Crippen molar-refractivity contribution in [1.29, 1.82) is 0 Å². The maximum absolute atomic E-state index is 12.4. The lowest BCUT2D eigenvalue weighted by Gasteiger charge is -2.10. The SMILES string of the molecule is COc1ccc(C(=O)Cn2cc(Br)ccc2=O)c(OC)c1. The molecule has 0 bridgehead atoms. The number of halogens is 1. The van der Waals surface area contributed by atoms with Crippen molar-refractivity contribution in [3.05, 3.63) is 56.9 Å². The van der Waals surface area contributed by atoms with Crippen LogP contribution >= 0.6 is 15.9 Å². The molecule has 0 aliphatic rings. The van der Waals surface area contributed by atoms with Crippen LogP contribution in [0.25, 0.3) is 0 Å². The summed E-state index contributed by atoms with van der Waals surface area (Å²) in [6.07, 6.45) is 1.58. The van der Waals surface area contributed by atoms with Gasteiger partial charge in [-0.25, -0.2) is 0 Å². The van der Waals surface area contributed by atoms with Gasteiger partial charge in [0.25, 0.3) is 5.56 Å². The number of Topliss-reactive ketones (excluding diaryl/α,β-unsaturated/α-hetero) is 1. The molecule has 0 aliphatic heterocycles. The summed E-state index contributed by atoms with van der Waals surface area (Å²) >= 11 is 3.28. The first-order valence-corrected chi connectivity index (χ1v) is 6.95. The molecule has 5 nitrogen and oxygen atoms in total. The van der Waals surface area contributed by atoms with E-state index in [-0.39, 0.29) is 17.9 Å². The van der Waals surface area contributed by atoms with Gasteiger partial charge < -0.3 is 14.0 Å². The molecule has 0 unspecified atom stereocenters. The topological polar surface area (TPSA) is 57.5 Å². The van der Waals surface area contributed by atoms with Crippen LogP contribution in [0.1, 0.15) is 10.4 Å². The van der Waals surface area contributed by atoms with Crippen LogP contribution in [0.3, 0.4) is 0 Å². The molecule has 6 heteroatoms. The highest BCUT2D eigenvalue weighted by molar-refractivity contribution is 9.10. The number of ether oxygens (including phenoxy) is 2. The normalized spacial score (nSPS) is 10.2. The minimum atomic E-state index is -0.237. The molecular formula is C15H14BrNO4. The van der Waals surface area contributed by atoms with E-state index in [1.54, 1.807) is 30.5 Å². The van der Waals surface area contributed by atoms with E-state index in [0.29, 0.717) is 17.1 Å². The minimum Gasteiger partial charge on any atom is -0.497 e. The molecule has 2 rings (SSSR count). The van der Waals surface area contributed by atoms with Gasteiger partial charge in [0.15, 0.2) is 5.78 Å². The fourth-order valence-electron chi connectivity index (χ4n) is 1.89. The fourth-order valence-corrected chi connectivity index (χ4v) is 2.27. The van der Waals surface area contributed by atoms with Crippen molar-refractivity contribution in [3.8, 4) is 11.5 Å². The monoisotopic (exact) mass is 351 g/mol. The summed E-state index contributed by atoms with van der Waals surface area (Å²) in [6.45, 7) is -0.0546. The van der Waals surface area contributed by atoms with Crippen LogP contribution in [-0.2, 0) is 6.54 Å². The molecular weight excluding hydrogens is 338 g/mol. The number of pyridine rings is 1. The van der Waals surface area contributed by atoms with Crippen LogP contribution in [0.15, 0.2) is 45.8 Å². The smallest absolute Gasteiger partial charge is 0.251 e. The van der Waals surface area contributed by atoms with Crippen molar-refractivity contribution in [2.24, 2.45) is 0 Å². The van der Waals surface area contributed by atoms with Gasteiger partial charge in [-0.3, -0.25) is 9.59 Å². The van der Waals surface area contributed by atoms with Gasteiger partial charge in [0, 0.05) is 22.8 Å². The number of nitrogens with zero attached hydrogens (tertiary/aromatic N) is 1. The molecule has 0 atom stereocenters. The third-order valence-electron chi connectivity index (χ3n) is 2.97. The third-order valence-corrected chi connectivity index (χ3v) is 3.44. The standard InChI is InChI=1S/C15H14BrNO4/c1-20-11-4-5-12(14(7-11)21-2)13(18)9-17-8-10(16)3-6-15(17)19/h3-8H,9H2,1-2H3. The Morgan fingerprint density at radius 2 is 1.95 bits per heavy atom. The van der Waals surface area contributed by atoms with Crippen molar-refractivity contribution >= 4 is 21.7 Å². The summed E-state index contributed by atoms with van der Waals surface area (Å²) < 4.78 is 12.4. The van der Waals surface area contributed by atoms with E-state index in [1.165, 1.54) is 24.9 Å². The Labute approximate surface area is 130 Å². The summed E-state index contributed by atoms with van der Waals surface area (Å²) in [6, 6.07) is 7.99. The van der Waals surface area contributed by atoms with E-state index in [1.807, 2.05) is 0 Å². The van der Waals surface area contributed by atoms with Crippen LogP contribution in [0.5, 0.6) is 11.5 Å². The van der Waals surface area contributed by atoms with Crippen LogP contribution in [0.2, 0.25) is 0 Å². The molecule has 0 amide bonds. The Bertz CT molecular complexity index is 724. The zero-order chi connectivity index (χ0) is 15.4. The molecule has 1 heterocycles. The molecule has 0 aliphatic carbocycles. The second kappa shape index (κ2) is 6.58. The molecule has 0 fully saturated rings. The molecule has 0 spiro atoms. The highest BCUT2D eigenvalue weighted by Gasteiger charge is 2.14. The predicted molar refractivity (Wildman–Crippen MR) is 82.3 cm³/mol. The molecule has 2 aromatic rings. The molecule has 110 valence electrons. The van der Waals surface area contributed by atoms with Gasteiger partial charge in [-0.2, -0.15) is 0 Å². The molecule has 0 saturated carbocycles. The van der Waals surface area contributed by atoms with Gasteiger partial charge in [0.1, 0.15) is 11.5 Å². The Hall–Kier alpha value is -2.08. The first-order chi connectivity index (χ1) is 10.0. The zero-order valence-electron chi connectivity index (χ0n) is 11.6. The first-order valence-electron chi connectivity index (χ1n) is 6.16. The van der Waals surface area contributed by atoms with Gasteiger partial charge in [-0.05, 0) is 34.1 Å². The predicted octanol–water partition coefficient (Wildman–Crippen LogP) is 2.51. The molecule has 0 radical (unpaired) electrons. The van der Waals surface area contributed by atoms with E-state index < -0.39 is 0 Å². The van der Waals surface area contributed by atoms with E-state index in [4.69, 9.17) is 9.47 Å². The highest BCUT2D eigenvalue weighted by atomic mass is 79.9. The molecule has 1 aromatic heterocycles. The second-order valence-corrected chi connectivity index (χ2v) is 5.22. The van der Waals surface area contributed by atoms with Crippen molar-refractivity contribution in [2.75, 3.05) is 14.2 Å². The van der Waals surface area contributed by atoms with E-state index in [2.05, 4.69) is 15.9 Å². The highest BCUT2D eigenvalue weighted by Crippen LogP contribution is 2.25. The molecule has 0 saturated heterocycles. The van der Waals surface area contributed by atoms with E-state index in [9.17, 15) is 9.59 Å². The number of methoxy groups -OCH3 is 2. The average Bonchev–Trinajstić information content (AvgIpc) is 2.50. The fraction of sp³-hybridized carbons (Fsp3) is 0.200. The molecule has 1 aromatic carbocycles. The van der Waals surface area contributed by atoms with Crippen LogP contribution in [-0.4, -0.2) is 24.6 Å². The number of ketones is 1. The summed E-state index contributed by atoms with van der Waals surface area (Å²) in [4.78, 5) is 24.1. The lowest BCUT2D eigenvalue weighted by Crippen LogP contribution is -2.23. The number of benzene rings is 1. The first kappa shape index (κ1) is 15.3. The summed E-state index contributed by atoms with van der Waals surface area (Å²) in [5, 5.41) is 0. The Kier molecular flexibility index (Phi) is 4.80. The maximum Gasteiger partial charge on any atom is 0.251 e. The number of aromatic nitrogens is 1. The van der Waals surface area contributed by atoms with E-state index in [0.717, 1.165) is 4.47 Å². The summed E-state index contributed by atoms with van der Waals surface area (Å²) in [7, 11) is 3.02. The Morgan fingerprint density at radius 1 is 1.19 bits per heavy atom. The van der Waals surface area contributed by atoms with Gasteiger partial charge in [0.05, 0.1) is 26.3 Å². The van der Waals surface area contributed by atoms with Gasteiger partial charge in [0.2, 0.25) is 0 Å². The quantitative estimate of drug-likeness (QED) is 0.776. The number of carbonyl (C=O) groups excluding carboxylic acids is 1. The van der Waals surface area contributed by atoms with Crippen LogP contribution in [0.4, 0.5) is 0 Å². The van der Waals surface area contributed by atoms with Crippen molar-refractivity contribution in [2.45, 2.75) is 6.54 Å². The largest absolute Gasteiger partial charge is 0.497 e. The van der Waals surface area contributed by atoms with Gasteiger partial charge in [-0.1, -0.05) is 0 Å². The van der Waals surface area contributed by atoms with Crippen LogP contribution < -0.4 is 15.0 Å². The lowest BCUT2D eigenvalue weighted by atomic mass is 10.1.